The average Bonchev–Trinajstić information content (AvgIpc) is 2.50. The lowest BCUT2D eigenvalue weighted by Gasteiger charge is -2.07. The Kier molecular flexibility index (Phi) is 5.64. The first kappa shape index (κ1) is 15.4. The van der Waals surface area contributed by atoms with Crippen LogP contribution in [0.4, 0.5) is 5.69 Å². The van der Waals surface area contributed by atoms with Crippen molar-refractivity contribution in [1.29, 1.82) is 0 Å². The van der Waals surface area contributed by atoms with Crippen molar-refractivity contribution in [2.75, 3.05) is 18.4 Å². The summed E-state index contributed by atoms with van der Waals surface area (Å²) in [7, 11) is 0. The topological polar surface area (TPSA) is 41.1 Å². The summed E-state index contributed by atoms with van der Waals surface area (Å²) in [6.45, 7) is 3.51. The molecule has 0 aliphatic rings. The van der Waals surface area contributed by atoms with Crippen molar-refractivity contribution in [2.45, 2.75) is 13.3 Å². The van der Waals surface area contributed by atoms with Gasteiger partial charge in [-0.25, -0.2) is 0 Å². The fraction of sp³-hybridized carbons (Fsp3) is 0.235. The van der Waals surface area contributed by atoms with Crippen LogP contribution in [0.25, 0.3) is 0 Å². The molecular weight excluding hydrogens is 284 g/mol. The van der Waals surface area contributed by atoms with E-state index >= 15 is 0 Å². The molecule has 110 valence electrons. The Morgan fingerprint density at radius 2 is 1.71 bits per heavy atom. The molecule has 3 nitrogen and oxygen atoms in total. The maximum Gasteiger partial charge on any atom is 0.251 e. The van der Waals surface area contributed by atoms with Gasteiger partial charge in [0, 0.05) is 29.4 Å². The molecule has 2 aromatic carbocycles. The maximum atomic E-state index is 12.0. The molecule has 2 rings (SSSR count). The molecule has 0 atom stereocenters. The summed E-state index contributed by atoms with van der Waals surface area (Å²) in [6, 6.07) is 15.1. The van der Waals surface area contributed by atoms with E-state index in [1.54, 1.807) is 0 Å². The fourth-order valence-electron chi connectivity index (χ4n) is 2.02. The highest BCUT2D eigenvalue weighted by Crippen LogP contribution is 2.10. The Balaban J connectivity index is 1.82. The Morgan fingerprint density at radius 3 is 2.33 bits per heavy atom. The van der Waals surface area contributed by atoms with Crippen molar-refractivity contribution in [3.05, 3.63) is 64.7 Å². The SMILES string of the molecule is CCNc1ccc(C(=O)NCCc2ccc(Cl)cc2)cc1. The van der Waals surface area contributed by atoms with Gasteiger partial charge >= 0.3 is 0 Å². The van der Waals surface area contributed by atoms with Crippen molar-refractivity contribution in [2.24, 2.45) is 0 Å². The van der Waals surface area contributed by atoms with Crippen molar-refractivity contribution < 1.29 is 4.79 Å². The van der Waals surface area contributed by atoms with Gasteiger partial charge in [0.2, 0.25) is 0 Å². The van der Waals surface area contributed by atoms with Crippen LogP contribution in [0.5, 0.6) is 0 Å². The van der Waals surface area contributed by atoms with Crippen LogP contribution in [-0.2, 0) is 6.42 Å². The van der Waals surface area contributed by atoms with Crippen LogP contribution in [0, 0.1) is 0 Å². The zero-order valence-corrected chi connectivity index (χ0v) is 12.8. The van der Waals surface area contributed by atoms with Gasteiger partial charge in [-0.1, -0.05) is 23.7 Å². The molecule has 0 radical (unpaired) electrons. The van der Waals surface area contributed by atoms with Gasteiger partial charge < -0.3 is 10.6 Å². The predicted octanol–water partition coefficient (Wildman–Crippen LogP) is 3.74. The lowest BCUT2D eigenvalue weighted by molar-refractivity contribution is 0.0954. The summed E-state index contributed by atoms with van der Waals surface area (Å²) in [5, 5.41) is 6.85. The molecule has 0 heterocycles. The van der Waals surface area contributed by atoms with E-state index in [-0.39, 0.29) is 5.91 Å². The molecule has 21 heavy (non-hydrogen) atoms. The number of nitrogens with one attached hydrogen (secondary N) is 2. The number of carbonyl (C=O) groups is 1. The molecular formula is C17H19ClN2O. The molecule has 0 bridgehead atoms. The second-order valence-electron chi connectivity index (χ2n) is 4.74. The summed E-state index contributed by atoms with van der Waals surface area (Å²) >= 11 is 5.84. The van der Waals surface area contributed by atoms with Gasteiger partial charge in [0.25, 0.3) is 5.91 Å². The van der Waals surface area contributed by atoms with Crippen LogP contribution >= 0.6 is 11.6 Å². The number of carbonyl (C=O) groups excluding carboxylic acids is 1. The first-order chi connectivity index (χ1) is 10.2. The zero-order valence-electron chi connectivity index (χ0n) is 12.0. The normalized spacial score (nSPS) is 10.2. The molecule has 1 amide bonds. The first-order valence-corrected chi connectivity index (χ1v) is 7.43. The number of anilines is 1. The lowest BCUT2D eigenvalue weighted by Crippen LogP contribution is -2.25. The first-order valence-electron chi connectivity index (χ1n) is 7.05. The predicted molar refractivity (Wildman–Crippen MR) is 88.1 cm³/mol. The molecule has 0 aliphatic carbocycles. The molecule has 2 aromatic rings. The second-order valence-corrected chi connectivity index (χ2v) is 5.18. The minimum atomic E-state index is -0.0491. The van der Waals surface area contributed by atoms with Crippen LogP contribution in [0.1, 0.15) is 22.8 Å². The summed E-state index contributed by atoms with van der Waals surface area (Å²) in [5.41, 5.74) is 2.85. The Bertz CT molecular complexity index is 579. The van der Waals surface area contributed by atoms with E-state index in [4.69, 9.17) is 11.6 Å². The van der Waals surface area contributed by atoms with Gasteiger partial charge in [-0.2, -0.15) is 0 Å². The Hall–Kier alpha value is -2.00. The van der Waals surface area contributed by atoms with Gasteiger partial charge in [-0.05, 0) is 55.3 Å². The standard InChI is InChI=1S/C17H19ClN2O/c1-2-19-16-9-5-14(6-10-16)17(21)20-12-11-13-3-7-15(18)8-4-13/h3-10,19H,2,11-12H2,1H3,(H,20,21). The average molecular weight is 303 g/mol. The molecule has 0 fully saturated rings. The van der Waals surface area contributed by atoms with Crippen molar-refractivity contribution >= 4 is 23.2 Å². The number of hydrogen-bond acceptors (Lipinski definition) is 2. The summed E-state index contributed by atoms with van der Waals surface area (Å²) < 4.78 is 0. The monoisotopic (exact) mass is 302 g/mol. The molecule has 0 saturated carbocycles. The Morgan fingerprint density at radius 1 is 1.05 bits per heavy atom. The summed E-state index contributed by atoms with van der Waals surface area (Å²) in [4.78, 5) is 12.0. The minimum absolute atomic E-state index is 0.0491. The highest BCUT2D eigenvalue weighted by molar-refractivity contribution is 6.30. The van der Waals surface area contributed by atoms with E-state index in [2.05, 4.69) is 10.6 Å². The number of rotatable bonds is 6. The van der Waals surface area contributed by atoms with Crippen LogP contribution in [-0.4, -0.2) is 19.0 Å². The molecule has 0 saturated heterocycles. The quantitative estimate of drug-likeness (QED) is 0.853. The van der Waals surface area contributed by atoms with E-state index in [0.29, 0.717) is 12.1 Å². The highest BCUT2D eigenvalue weighted by atomic mass is 35.5. The van der Waals surface area contributed by atoms with E-state index in [0.717, 1.165) is 29.2 Å². The van der Waals surface area contributed by atoms with Crippen LogP contribution in [0.3, 0.4) is 0 Å². The van der Waals surface area contributed by atoms with Gasteiger partial charge in [0.15, 0.2) is 0 Å². The molecule has 0 aromatic heterocycles. The fourth-order valence-corrected chi connectivity index (χ4v) is 2.14. The van der Waals surface area contributed by atoms with E-state index < -0.39 is 0 Å². The van der Waals surface area contributed by atoms with Gasteiger partial charge in [-0.15, -0.1) is 0 Å². The molecule has 2 N–H and O–H groups in total. The van der Waals surface area contributed by atoms with Crippen LogP contribution in [0.2, 0.25) is 5.02 Å². The van der Waals surface area contributed by atoms with Crippen molar-refractivity contribution in [3.8, 4) is 0 Å². The third kappa shape index (κ3) is 4.80. The number of hydrogen-bond donors (Lipinski definition) is 2. The summed E-state index contributed by atoms with van der Waals surface area (Å²) in [6.07, 6.45) is 0.790. The van der Waals surface area contributed by atoms with Gasteiger partial charge in [-0.3, -0.25) is 4.79 Å². The second kappa shape index (κ2) is 7.70. The molecule has 4 heteroatoms. The third-order valence-corrected chi connectivity index (χ3v) is 3.39. The number of amides is 1. The van der Waals surface area contributed by atoms with Crippen LogP contribution in [0.15, 0.2) is 48.5 Å². The smallest absolute Gasteiger partial charge is 0.251 e. The third-order valence-electron chi connectivity index (χ3n) is 3.14. The van der Waals surface area contributed by atoms with Crippen molar-refractivity contribution in [3.63, 3.8) is 0 Å². The highest BCUT2D eigenvalue weighted by Gasteiger charge is 2.04. The largest absolute Gasteiger partial charge is 0.385 e. The minimum Gasteiger partial charge on any atom is -0.385 e. The van der Waals surface area contributed by atoms with E-state index in [9.17, 15) is 4.79 Å². The van der Waals surface area contributed by atoms with Crippen LogP contribution < -0.4 is 10.6 Å². The van der Waals surface area contributed by atoms with Crippen molar-refractivity contribution in [1.82, 2.24) is 5.32 Å². The number of benzene rings is 2. The van der Waals surface area contributed by atoms with Gasteiger partial charge in [0.05, 0.1) is 0 Å². The summed E-state index contributed by atoms with van der Waals surface area (Å²) in [5.74, 6) is -0.0491. The molecule has 0 unspecified atom stereocenters. The number of halogens is 1. The Labute approximate surface area is 130 Å². The van der Waals surface area contributed by atoms with E-state index in [1.807, 2.05) is 55.5 Å². The molecule has 0 spiro atoms. The van der Waals surface area contributed by atoms with E-state index in [1.165, 1.54) is 0 Å². The maximum absolute atomic E-state index is 12.0. The van der Waals surface area contributed by atoms with Gasteiger partial charge in [0.1, 0.15) is 0 Å². The molecule has 0 aliphatic heterocycles. The zero-order chi connectivity index (χ0) is 15.1. The lowest BCUT2D eigenvalue weighted by atomic mass is 10.1.